The van der Waals surface area contributed by atoms with Gasteiger partial charge in [-0.3, -0.25) is 9.59 Å². The molecule has 0 fully saturated rings. The summed E-state index contributed by atoms with van der Waals surface area (Å²) in [5, 5.41) is 6.23. The number of ether oxygens (including phenoxy) is 1. The second-order valence-corrected chi connectivity index (χ2v) is 5.56. The number of rotatable bonds is 5. The maximum atomic E-state index is 13.5. The lowest BCUT2D eigenvalue weighted by Gasteiger charge is -2.08. The molecular formula is C14H12F2IN3O3. The first-order valence-corrected chi connectivity index (χ1v) is 7.53. The molecule has 0 aliphatic heterocycles. The Bertz CT molecular complexity index is 772. The fourth-order valence-corrected chi connectivity index (χ4v) is 2.04. The van der Waals surface area contributed by atoms with Gasteiger partial charge in [0.1, 0.15) is 17.3 Å². The molecule has 0 aliphatic carbocycles. The van der Waals surface area contributed by atoms with Crippen LogP contribution in [0.5, 0.6) is 0 Å². The van der Waals surface area contributed by atoms with Gasteiger partial charge in [-0.2, -0.15) is 5.10 Å². The molecule has 0 aliphatic rings. The van der Waals surface area contributed by atoms with Crippen LogP contribution in [0.25, 0.3) is 0 Å². The van der Waals surface area contributed by atoms with Crippen molar-refractivity contribution in [2.75, 3.05) is 19.0 Å². The van der Waals surface area contributed by atoms with Gasteiger partial charge in [-0.15, -0.1) is 0 Å². The molecule has 1 amide bonds. The van der Waals surface area contributed by atoms with Gasteiger partial charge in [-0.25, -0.2) is 13.5 Å². The van der Waals surface area contributed by atoms with Crippen molar-refractivity contribution in [3.05, 3.63) is 55.5 Å². The lowest BCUT2D eigenvalue weighted by molar-refractivity contribution is 0.101. The van der Waals surface area contributed by atoms with E-state index in [2.05, 4.69) is 10.4 Å². The van der Waals surface area contributed by atoms with Gasteiger partial charge in [0.15, 0.2) is 0 Å². The third kappa shape index (κ3) is 4.32. The van der Waals surface area contributed by atoms with Crippen molar-refractivity contribution < 1.29 is 18.3 Å². The SMILES string of the molecule is COCCn1nc(C(=O)Nc2cc(F)c(I)c(F)c2)ccc1=O. The lowest BCUT2D eigenvalue weighted by atomic mass is 10.3. The highest BCUT2D eigenvalue weighted by molar-refractivity contribution is 14.1. The standard InChI is InChI=1S/C14H12F2IN3O3/c1-23-5-4-20-12(21)3-2-11(19-20)14(22)18-8-6-9(15)13(17)10(16)7-8/h2-3,6-7H,4-5H2,1H3,(H,18,22). The summed E-state index contributed by atoms with van der Waals surface area (Å²) in [6, 6.07) is 4.43. The second-order valence-electron chi connectivity index (χ2n) is 4.48. The van der Waals surface area contributed by atoms with Crippen LogP contribution in [0.1, 0.15) is 10.5 Å². The molecule has 23 heavy (non-hydrogen) atoms. The van der Waals surface area contributed by atoms with Crippen LogP contribution in [0.4, 0.5) is 14.5 Å². The molecule has 1 aromatic carbocycles. The van der Waals surface area contributed by atoms with Crippen molar-refractivity contribution >= 4 is 34.2 Å². The molecule has 0 saturated heterocycles. The molecule has 0 saturated carbocycles. The van der Waals surface area contributed by atoms with Gasteiger partial charge in [0.2, 0.25) is 0 Å². The summed E-state index contributed by atoms with van der Waals surface area (Å²) in [6.07, 6.45) is 0. The highest BCUT2D eigenvalue weighted by atomic mass is 127. The summed E-state index contributed by atoms with van der Waals surface area (Å²) in [4.78, 5) is 23.7. The van der Waals surface area contributed by atoms with E-state index >= 15 is 0 Å². The lowest BCUT2D eigenvalue weighted by Crippen LogP contribution is -2.27. The molecule has 1 aromatic heterocycles. The van der Waals surface area contributed by atoms with Crippen LogP contribution < -0.4 is 10.9 Å². The minimum Gasteiger partial charge on any atom is -0.383 e. The number of halogens is 3. The fourth-order valence-electron chi connectivity index (χ4n) is 1.73. The van der Waals surface area contributed by atoms with Crippen LogP contribution in [-0.4, -0.2) is 29.4 Å². The summed E-state index contributed by atoms with van der Waals surface area (Å²) in [7, 11) is 1.47. The van der Waals surface area contributed by atoms with Crippen molar-refractivity contribution in [1.29, 1.82) is 0 Å². The van der Waals surface area contributed by atoms with E-state index in [9.17, 15) is 18.4 Å². The molecule has 9 heteroatoms. The highest BCUT2D eigenvalue weighted by Gasteiger charge is 2.13. The van der Waals surface area contributed by atoms with Crippen LogP contribution in [-0.2, 0) is 11.3 Å². The monoisotopic (exact) mass is 435 g/mol. The summed E-state index contributed by atoms with van der Waals surface area (Å²) in [5.74, 6) is -2.24. The molecular weight excluding hydrogens is 423 g/mol. The maximum absolute atomic E-state index is 13.5. The zero-order valence-electron chi connectivity index (χ0n) is 12.0. The number of nitrogens with one attached hydrogen (secondary N) is 1. The second kappa shape index (κ2) is 7.59. The molecule has 0 spiro atoms. The largest absolute Gasteiger partial charge is 0.383 e. The minimum absolute atomic E-state index is 0.0399. The molecule has 0 bridgehead atoms. The predicted octanol–water partition coefficient (Wildman–Crippen LogP) is 2.02. The number of anilines is 1. The third-order valence-corrected chi connectivity index (χ3v) is 3.88. The molecule has 1 heterocycles. The van der Waals surface area contributed by atoms with Crippen LogP contribution in [0.3, 0.4) is 0 Å². The van der Waals surface area contributed by atoms with E-state index in [1.54, 1.807) is 0 Å². The normalized spacial score (nSPS) is 10.6. The van der Waals surface area contributed by atoms with E-state index in [4.69, 9.17) is 4.74 Å². The van der Waals surface area contributed by atoms with E-state index < -0.39 is 17.5 Å². The first-order chi connectivity index (χ1) is 10.9. The van der Waals surface area contributed by atoms with E-state index in [1.807, 2.05) is 0 Å². The average molecular weight is 435 g/mol. The van der Waals surface area contributed by atoms with Gasteiger partial charge >= 0.3 is 0 Å². The maximum Gasteiger partial charge on any atom is 0.276 e. The summed E-state index contributed by atoms with van der Waals surface area (Å²) >= 11 is 1.53. The van der Waals surface area contributed by atoms with Crippen LogP contribution in [0.15, 0.2) is 29.1 Å². The van der Waals surface area contributed by atoms with Crippen molar-refractivity contribution in [3.8, 4) is 0 Å². The molecule has 1 N–H and O–H groups in total. The Morgan fingerprint density at radius 1 is 1.35 bits per heavy atom. The number of nitrogens with zero attached hydrogens (tertiary/aromatic N) is 2. The van der Waals surface area contributed by atoms with E-state index in [0.29, 0.717) is 0 Å². The quantitative estimate of drug-likeness (QED) is 0.577. The smallest absolute Gasteiger partial charge is 0.276 e. The van der Waals surface area contributed by atoms with E-state index in [0.717, 1.165) is 16.8 Å². The number of aromatic nitrogens is 2. The Balaban J connectivity index is 2.22. The molecule has 2 rings (SSSR count). The van der Waals surface area contributed by atoms with Crippen LogP contribution >= 0.6 is 22.6 Å². The Hall–Kier alpha value is -1.88. The zero-order valence-corrected chi connectivity index (χ0v) is 14.1. The molecule has 122 valence electrons. The number of carbonyl (C=O) groups excluding carboxylic acids is 1. The zero-order chi connectivity index (χ0) is 17.0. The van der Waals surface area contributed by atoms with E-state index in [-0.39, 0.29) is 33.7 Å². The first-order valence-electron chi connectivity index (χ1n) is 6.45. The Labute approximate surface area is 143 Å². The Morgan fingerprint density at radius 2 is 2.00 bits per heavy atom. The number of carbonyl (C=O) groups is 1. The predicted molar refractivity (Wildman–Crippen MR) is 87.4 cm³/mol. The number of methoxy groups -OCH3 is 1. The average Bonchev–Trinajstić information content (AvgIpc) is 2.51. The van der Waals surface area contributed by atoms with Crippen molar-refractivity contribution in [2.45, 2.75) is 6.54 Å². The summed E-state index contributed by atoms with van der Waals surface area (Å²) in [6.45, 7) is 0.439. The molecule has 0 atom stereocenters. The van der Waals surface area contributed by atoms with Crippen molar-refractivity contribution in [3.63, 3.8) is 0 Å². The highest BCUT2D eigenvalue weighted by Crippen LogP contribution is 2.20. The van der Waals surface area contributed by atoms with Gasteiger partial charge in [0, 0.05) is 18.9 Å². The van der Waals surface area contributed by atoms with Gasteiger partial charge in [-0.05, 0) is 40.8 Å². The van der Waals surface area contributed by atoms with Crippen molar-refractivity contribution in [1.82, 2.24) is 9.78 Å². The van der Waals surface area contributed by atoms with Crippen LogP contribution in [0.2, 0.25) is 0 Å². The molecule has 2 aromatic rings. The first kappa shape index (κ1) is 17.5. The summed E-state index contributed by atoms with van der Waals surface area (Å²) < 4.78 is 32.7. The summed E-state index contributed by atoms with van der Waals surface area (Å²) in [5.41, 5.74) is -0.480. The molecule has 6 nitrogen and oxygen atoms in total. The number of benzene rings is 1. The van der Waals surface area contributed by atoms with E-state index in [1.165, 1.54) is 41.8 Å². The van der Waals surface area contributed by atoms with Crippen LogP contribution in [0, 0.1) is 15.2 Å². The molecule has 0 radical (unpaired) electrons. The topological polar surface area (TPSA) is 73.2 Å². The fraction of sp³-hybridized carbons (Fsp3) is 0.214. The Kier molecular flexibility index (Phi) is 5.77. The minimum atomic E-state index is -0.779. The van der Waals surface area contributed by atoms with Gasteiger partial charge in [0.25, 0.3) is 11.5 Å². The van der Waals surface area contributed by atoms with Gasteiger partial charge in [0.05, 0.1) is 16.7 Å². The Morgan fingerprint density at radius 3 is 2.61 bits per heavy atom. The number of amides is 1. The van der Waals surface area contributed by atoms with Gasteiger partial charge < -0.3 is 10.1 Å². The van der Waals surface area contributed by atoms with Crippen molar-refractivity contribution in [2.24, 2.45) is 0 Å². The third-order valence-electron chi connectivity index (χ3n) is 2.85. The molecule has 0 unspecified atom stereocenters. The van der Waals surface area contributed by atoms with Gasteiger partial charge in [-0.1, -0.05) is 0 Å². The number of hydrogen-bond acceptors (Lipinski definition) is 4. The number of hydrogen-bond donors (Lipinski definition) is 1.